The molecular formula is C30H39N2Si+. The Morgan fingerprint density at radius 3 is 2.09 bits per heavy atom. The number of benzene rings is 2. The average Bonchev–Trinajstić information content (AvgIpc) is 2.76. The standard InChI is InChI=1S/C30H39N2Si/c1-20(2)33(21(3)4)28-18-23(31(6)7)14-16-26(28)30(25-13-11-10-12-22(25)5)27-17-15-24(32(8)9)19-29(27)33/h10-21H,1-9H3/q+1. The van der Waals surface area contributed by atoms with Gasteiger partial charge in [0.25, 0.3) is 0 Å². The van der Waals surface area contributed by atoms with Crippen molar-refractivity contribution in [2.45, 2.75) is 45.7 Å². The molecule has 172 valence electrons. The molecule has 4 rings (SSSR count). The van der Waals surface area contributed by atoms with Crippen LogP contribution in [0.4, 0.5) is 5.69 Å². The third kappa shape index (κ3) is 3.58. The predicted molar refractivity (Wildman–Crippen MR) is 148 cm³/mol. The number of anilines is 1. The highest BCUT2D eigenvalue weighted by Gasteiger charge is 2.51. The van der Waals surface area contributed by atoms with E-state index in [1.165, 1.54) is 39.2 Å². The largest absolute Gasteiger partial charge is 0.378 e. The molecular weight excluding hydrogens is 416 g/mol. The molecule has 0 amide bonds. The summed E-state index contributed by atoms with van der Waals surface area (Å²) in [5.41, 5.74) is 10.7. The van der Waals surface area contributed by atoms with E-state index in [9.17, 15) is 0 Å². The first-order valence-electron chi connectivity index (χ1n) is 12.2. The first kappa shape index (κ1) is 23.5. The highest BCUT2D eigenvalue weighted by Crippen LogP contribution is 2.50. The Balaban J connectivity index is 2.22. The third-order valence-electron chi connectivity index (χ3n) is 7.70. The number of aryl methyl sites for hydroxylation is 1. The minimum atomic E-state index is -2.10. The van der Waals surface area contributed by atoms with Crippen LogP contribution in [0.2, 0.25) is 11.1 Å². The molecule has 0 fully saturated rings. The molecule has 0 aromatic heterocycles. The zero-order valence-electron chi connectivity index (χ0n) is 21.8. The molecule has 0 bridgehead atoms. The molecule has 0 unspecified atom stereocenters. The van der Waals surface area contributed by atoms with Crippen LogP contribution in [0, 0.1) is 6.92 Å². The lowest BCUT2D eigenvalue weighted by Gasteiger charge is -2.48. The first-order chi connectivity index (χ1) is 15.6. The smallest absolute Gasteiger partial charge is 0.199 e. The quantitative estimate of drug-likeness (QED) is 0.399. The van der Waals surface area contributed by atoms with Crippen LogP contribution in [0.5, 0.6) is 0 Å². The van der Waals surface area contributed by atoms with E-state index < -0.39 is 8.07 Å². The summed E-state index contributed by atoms with van der Waals surface area (Å²) in [5.74, 6) is 0. The first-order valence-corrected chi connectivity index (χ1v) is 14.3. The molecule has 0 radical (unpaired) electrons. The molecule has 2 aromatic carbocycles. The Morgan fingerprint density at radius 2 is 1.52 bits per heavy atom. The summed E-state index contributed by atoms with van der Waals surface area (Å²) in [5, 5.41) is 3.20. The monoisotopic (exact) mass is 455 g/mol. The van der Waals surface area contributed by atoms with E-state index in [0.29, 0.717) is 11.1 Å². The number of rotatable bonds is 4. The van der Waals surface area contributed by atoms with Gasteiger partial charge in [-0.25, -0.2) is 4.58 Å². The van der Waals surface area contributed by atoms with Crippen LogP contribution in [0.3, 0.4) is 0 Å². The van der Waals surface area contributed by atoms with Crippen LogP contribution in [-0.2, 0) is 0 Å². The SMILES string of the molecule is Cc1ccccc1C1=C2C=CC(=[N+](C)C)C=C2[Si](C(C)C)(C(C)C)c2cc(N(C)C)ccc21. The van der Waals surface area contributed by atoms with Gasteiger partial charge in [-0.3, -0.25) is 0 Å². The number of allylic oxidation sites excluding steroid dienone is 5. The number of hydrogen-bond donors (Lipinski definition) is 0. The fourth-order valence-corrected chi connectivity index (χ4v) is 12.3. The third-order valence-corrected chi connectivity index (χ3v) is 14.0. The van der Waals surface area contributed by atoms with Crippen molar-refractivity contribution >= 4 is 30.2 Å². The maximum Gasteiger partial charge on any atom is 0.199 e. The highest BCUT2D eigenvalue weighted by molar-refractivity contribution is 7.01. The topological polar surface area (TPSA) is 6.25 Å². The number of nitrogens with zero attached hydrogens (tertiary/aromatic N) is 2. The Morgan fingerprint density at radius 1 is 0.848 bits per heavy atom. The summed E-state index contributed by atoms with van der Waals surface area (Å²) >= 11 is 0. The Kier molecular flexibility index (Phi) is 6.13. The Hall–Kier alpha value is -2.65. The predicted octanol–water partition coefficient (Wildman–Crippen LogP) is 6.10. The van der Waals surface area contributed by atoms with E-state index in [4.69, 9.17) is 0 Å². The van der Waals surface area contributed by atoms with Gasteiger partial charge in [-0.1, -0.05) is 58.0 Å². The summed E-state index contributed by atoms with van der Waals surface area (Å²) in [6.45, 7) is 12.1. The molecule has 33 heavy (non-hydrogen) atoms. The van der Waals surface area contributed by atoms with E-state index in [1.54, 1.807) is 10.4 Å². The fourth-order valence-electron chi connectivity index (χ4n) is 6.09. The maximum atomic E-state index is 2.52. The molecule has 0 saturated carbocycles. The van der Waals surface area contributed by atoms with Gasteiger partial charge in [-0.2, -0.15) is 0 Å². The van der Waals surface area contributed by atoms with Crippen LogP contribution in [0.1, 0.15) is 44.4 Å². The Bertz CT molecular complexity index is 1210. The summed E-state index contributed by atoms with van der Waals surface area (Å²) in [4.78, 5) is 2.25. The maximum absolute atomic E-state index is 2.52. The van der Waals surface area contributed by atoms with E-state index >= 15 is 0 Å². The molecule has 2 aliphatic rings. The van der Waals surface area contributed by atoms with Gasteiger partial charge < -0.3 is 4.90 Å². The van der Waals surface area contributed by atoms with E-state index in [-0.39, 0.29) is 0 Å². The van der Waals surface area contributed by atoms with Gasteiger partial charge in [-0.05, 0) is 74.4 Å². The van der Waals surface area contributed by atoms with Crippen molar-refractivity contribution in [3.63, 3.8) is 0 Å². The van der Waals surface area contributed by atoms with Crippen LogP contribution in [0.15, 0.2) is 71.5 Å². The van der Waals surface area contributed by atoms with Crippen LogP contribution >= 0.6 is 0 Å². The van der Waals surface area contributed by atoms with Crippen LogP contribution in [0.25, 0.3) is 5.57 Å². The number of fused-ring (bicyclic) bond motifs is 2. The second kappa shape index (κ2) is 8.61. The number of hydrogen-bond acceptors (Lipinski definition) is 1. The van der Waals surface area contributed by atoms with Crippen LogP contribution in [-0.4, -0.2) is 46.6 Å². The van der Waals surface area contributed by atoms with Crippen molar-refractivity contribution < 1.29 is 4.58 Å². The Labute approximate surface area is 201 Å². The molecule has 3 heteroatoms. The molecule has 1 heterocycles. The molecule has 0 atom stereocenters. The van der Waals surface area contributed by atoms with Crippen molar-refractivity contribution in [3.8, 4) is 0 Å². The van der Waals surface area contributed by atoms with Crippen LogP contribution < -0.4 is 10.1 Å². The normalized spacial score (nSPS) is 16.7. The van der Waals surface area contributed by atoms with Crippen molar-refractivity contribution in [3.05, 3.63) is 88.2 Å². The summed E-state index contributed by atoms with van der Waals surface area (Å²) in [6, 6.07) is 16.1. The van der Waals surface area contributed by atoms with Gasteiger partial charge in [0.2, 0.25) is 0 Å². The second-order valence-electron chi connectivity index (χ2n) is 10.6. The molecule has 0 saturated heterocycles. The summed E-state index contributed by atoms with van der Waals surface area (Å²) < 4.78 is 2.25. The second-order valence-corrected chi connectivity index (χ2v) is 15.7. The molecule has 0 spiro atoms. The molecule has 2 aromatic rings. The van der Waals surface area contributed by atoms with Gasteiger partial charge >= 0.3 is 0 Å². The molecule has 0 N–H and O–H groups in total. The van der Waals surface area contributed by atoms with Crippen molar-refractivity contribution in [2.24, 2.45) is 0 Å². The average molecular weight is 456 g/mol. The molecule has 1 aliphatic carbocycles. The van der Waals surface area contributed by atoms with Crippen molar-refractivity contribution in [2.75, 3.05) is 33.1 Å². The fraction of sp³-hybridized carbons (Fsp3) is 0.367. The van der Waals surface area contributed by atoms with E-state index in [0.717, 1.165) is 0 Å². The van der Waals surface area contributed by atoms with E-state index in [2.05, 4.69) is 133 Å². The molecule has 1 aliphatic heterocycles. The summed E-state index contributed by atoms with van der Waals surface area (Å²) in [6.07, 6.45) is 7.23. The lowest BCUT2D eigenvalue weighted by Crippen LogP contribution is -2.59. The summed E-state index contributed by atoms with van der Waals surface area (Å²) in [7, 11) is 6.52. The van der Waals surface area contributed by atoms with Gasteiger partial charge in [0.05, 0.1) is 0 Å². The van der Waals surface area contributed by atoms with Gasteiger partial charge in [0, 0.05) is 31.9 Å². The zero-order valence-corrected chi connectivity index (χ0v) is 22.8. The minimum absolute atomic E-state index is 0.586. The van der Waals surface area contributed by atoms with E-state index in [1.807, 2.05) is 0 Å². The minimum Gasteiger partial charge on any atom is -0.378 e. The lowest BCUT2D eigenvalue weighted by molar-refractivity contribution is -0.462. The van der Waals surface area contributed by atoms with Crippen molar-refractivity contribution in [1.29, 1.82) is 0 Å². The molecule has 2 nitrogen and oxygen atoms in total. The lowest BCUT2D eigenvalue weighted by atomic mass is 9.87. The zero-order chi connectivity index (χ0) is 24.1. The van der Waals surface area contributed by atoms with Gasteiger partial charge in [-0.15, -0.1) is 0 Å². The van der Waals surface area contributed by atoms with Crippen molar-refractivity contribution in [1.82, 2.24) is 0 Å². The highest BCUT2D eigenvalue weighted by atomic mass is 28.3. The van der Waals surface area contributed by atoms with Gasteiger partial charge in [0.1, 0.15) is 22.2 Å². The van der Waals surface area contributed by atoms with Gasteiger partial charge in [0.15, 0.2) is 5.71 Å².